The molecule has 2 saturated carbocycles. The van der Waals surface area contributed by atoms with E-state index in [1.807, 2.05) is 0 Å². The normalized spacial score (nSPS) is 32.8. The summed E-state index contributed by atoms with van der Waals surface area (Å²) in [6, 6.07) is 7.31. The van der Waals surface area contributed by atoms with E-state index in [0.717, 1.165) is 23.6 Å². The van der Waals surface area contributed by atoms with Gasteiger partial charge in [-0.1, -0.05) is 25.3 Å². The number of carbonyl (C=O) groups excluding carboxylic acids is 1. The van der Waals surface area contributed by atoms with Gasteiger partial charge < -0.3 is 10.6 Å². The van der Waals surface area contributed by atoms with E-state index < -0.39 is 0 Å². The van der Waals surface area contributed by atoms with Crippen molar-refractivity contribution in [2.45, 2.75) is 69.2 Å². The monoisotopic (exact) mass is 367 g/mol. The summed E-state index contributed by atoms with van der Waals surface area (Å²) in [7, 11) is 1.67. The summed E-state index contributed by atoms with van der Waals surface area (Å²) in [6.07, 6.45) is 12.3. The van der Waals surface area contributed by atoms with E-state index in [9.17, 15) is 4.79 Å². The fourth-order valence-electron chi connectivity index (χ4n) is 6.59. The Kier molecular flexibility index (Phi) is 4.42. The van der Waals surface area contributed by atoms with Crippen LogP contribution in [-0.4, -0.2) is 37.1 Å². The summed E-state index contributed by atoms with van der Waals surface area (Å²) in [5.74, 6) is 1.77. The van der Waals surface area contributed by atoms with E-state index in [0.29, 0.717) is 5.41 Å². The summed E-state index contributed by atoms with van der Waals surface area (Å²) in [6.45, 7) is 2.60. The molecule has 5 rings (SSSR count). The lowest BCUT2D eigenvalue weighted by Gasteiger charge is -2.59. The molecule has 1 heterocycles. The largest absolute Gasteiger partial charge is 0.341 e. The van der Waals surface area contributed by atoms with Crippen molar-refractivity contribution < 1.29 is 4.79 Å². The van der Waals surface area contributed by atoms with E-state index in [1.54, 1.807) is 18.2 Å². The van der Waals surface area contributed by atoms with Gasteiger partial charge in [0.25, 0.3) is 0 Å². The maximum absolute atomic E-state index is 11.8. The Labute approximate surface area is 163 Å². The lowest BCUT2D eigenvalue weighted by Crippen LogP contribution is -2.61. The zero-order valence-corrected chi connectivity index (χ0v) is 16.6. The summed E-state index contributed by atoms with van der Waals surface area (Å²) in [5, 5.41) is 5.67. The fourth-order valence-corrected chi connectivity index (χ4v) is 6.59. The first-order valence-corrected chi connectivity index (χ1v) is 11.1. The Hall–Kier alpha value is -1.55. The Morgan fingerprint density at radius 3 is 2.85 bits per heavy atom. The predicted octanol–water partition coefficient (Wildman–Crippen LogP) is 4.30. The first-order valence-electron chi connectivity index (χ1n) is 11.1. The highest BCUT2D eigenvalue weighted by Crippen LogP contribution is 2.56. The van der Waals surface area contributed by atoms with Gasteiger partial charge in [0, 0.05) is 30.7 Å². The number of nitrogens with zero attached hydrogens (tertiary/aromatic N) is 1. The molecule has 1 saturated heterocycles. The molecule has 27 heavy (non-hydrogen) atoms. The minimum atomic E-state index is -0.128. The van der Waals surface area contributed by atoms with Gasteiger partial charge in [-0.3, -0.25) is 4.90 Å². The van der Waals surface area contributed by atoms with Crippen LogP contribution in [0.1, 0.15) is 62.5 Å². The minimum Gasteiger partial charge on any atom is -0.341 e. The summed E-state index contributed by atoms with van der Waals surface area (Å²) in [4.78, 5) is 14.7. The smallest absolute Gasteiger partial charge is 0.318 e. The highest BCUT2D eigenvalue weighted by molar-refractivity contribution is 5.89. The molecule has 4 nitrogen and oxygen atoms in total. The van der Waals surface area contributed by atoms with Crippen molar-refractivity contribution in [3.63, 3.8) is 0 Å². The summed E-state index contributed by atoms with van der Waals surface area (Å²) < 4.78 is 0. The molecule has 1 aromatic carbocycles. The lowest BCUT2D eigenvalue weighted by molar-refractivity contribution is -0.0239. The third kappa shape index (κ3) is 2.88. The number of amides is 2. The number of nitrogens with one attached hydrogen (secondary N) is 2. The quantitative estimate of drug-likeness (QED) is 0.837. The second-order valence-corrected chi connectivity index (χ2v) is 9.40. The molecule has 4 heteroatoms. The van der Waals surface area contributed by atoms with Crippen molar-refractivity contribution in [2.75, 3.05) is 25.5 Å². The summed E-state index contributed by atoms with van der Waals surface area (Å²) in [5.41, 5.74) is 4.40. The average Bonchev–Trinajstić information content (AvgIpc) is 2.66. The maximum Gasteiger partial charge on any atom is 0.318 e. The third-order valence-corrected chi connectivity index (χ3v) is 8.15. The van der Waals surface area contributed by atoms with E-state index in [1.165, 1.54) is 70.9 Å². The highest BCUT2D eigenvalue weighted by Gasteiger charge is 2.53. The minimum absolute atomic E-state index is 0.128. The average molecular weight is 368 g/mol. The maximum atomic E-state index is 11.8. The van der Waals surface area contributed by atoms with E-state index in [2.05, 4.69) is 33.7 Å². The third-order valence-electron chi connectivity index (χ3n) is 8.15. The molecule has 3 aliphatic carbocycles. The molecule has 0 spiro atoms. The lowest BCUT2D eigenvalue weighted by atomic mass is 9.52. The van der Waals surface area contributed by atoms with E-state index in [4.69, 9.17) is 0 Å². The van der Waals surface area contributed by atoms with Crippen LogP contribution in [0.3, 0.4) is 0 Å². The van der Waals surface area contributed by atoms with Gasteiger partial charge in [-0.05, 0) is 80.2 Å². The van der Waals surface area contributed by atoms with Crippen molar-refractivity contribution in [1.29, 1.82) is 0 Å². The van der Waals surface area contributed by atoms with Gasteiger partial charge >= 0.3 is 6.03 Å². The molecule has 4 aliphatic rings. The Bertz CT molecular complexity index is 728. The van der Waals surface area contributed by atoms with Crippen molar-refractivity contribution in [3.8, 4) is 0 Å². The molecule has 2 bridgehead atoms. The van der Waals surface area contributed by atoms with Crippen molar-refractivity contribution in [3.05, 3.63) is 29.3 Å². The molecular weight excluding hydrogens is 334 g/mol. The Morgan fingerprint density at radius 2 is 2.07 bits per heavy atom. The first-order chi connectivity index (χ1) is 13.2. The first kappa shape index (κ1) is 17.5. The van der Waals surface area contributed by atoms with Crippen LogP contribution in [0.4, 0.5) is 10.5 Å². The van der Waals surface area contributed by atoms with Crippen LogP contribution in [0.25, 0.3) is 0 Å². The molecule has 3 fully saturated rings. The van der Waals surface area contributed by atoms with Crippen LogP contribution < -0.4 is 10.6 Å². The number of hydrogen-bond donors (Lipinski definition) is 2. The van der Waals surface area contributed by atoms with Gasteiger partial charge in [-0.15, -0.1) is 0 Å². The van der Waals surface area contributed by atoms with E-state index >= 15 is 0 Å². The molecule has 2 amide bonds. The SMILES string of the molecule is CNC(=O)Nc1ccc2c(c1)C13CCCCC1C(C2)N(CC1CCC1)CC3. The van der Waals surface area contributed by atoms with Crippen LogP contribution in [0.15, 0.2) is 18.2 Å². The molecular formula is C23H33N3O. The van der Waals surface area contributed by atoms with Crippen LogP contribution in [0, 0.1) is 11.8 Å². The molecule has 3 atom stereocenters. The zero-order valence-electron chi connectivity index (χ0n) is 16.6. The second kappa shape index (κ2) is 6.80. The molecule has 0 radical (unpaired) electrons. The van der Waals surface area contributed by atoms with Crippen molar-refractivity contribution >= 4 is 11.7 Å². The summed E-state index contributed by atoms with van der Waals surface area (Å²) >= 11 is 0. The van der Waals surface area contributed by atoms with Crippen molar-refractivity contribution in [2.24, 2.45) is 11.8 Å². The van der Waals surface area contributed by atoms with Crippen LogP contribution in [-0.2, 0) is 11.8 Å². The van der Waals surface area contributed by atoms with Gasteiger partial charge in [0.15, 0.2) is 0 Å². The number of urea groups is 1. The van der Waals surface area contributed by atoms with Crippen LogP contribution >= 0.6 is 0 Å². The number of anilines is 1. The zero-order chi connectivity index (χ0) is 18.4. The standard InChI is InChI=1S/C23H33N3O/c1-24-22(27)25-18-9-8-17-13-21-19-7-2-3-10-23(19,20(17)14-18)11-12-26(21)15-16-5-4-6-16/h8-9,14,16,19,21H,2-7,10-13,15H2,1H3,(H2,24,25,27). The number of piperidine rings is 1. The number of rotatable bonds is 3. The van der Waals surface area contributed by atoms with Crippen LogP contribution in [0.2, 0.25) is 0 Å². The fraction of sp³-hybridized carbons (Fsp3) is 0.696. The van der Waals surface area contributed by atoms with Crippen LogP contribution in [0.5, 0.6) is 0 Å². The number of fused-ring (bicyclic) bond motifs is 1. The van der Waals surface area contributed by atoms with Gasteiger partial charge in [-0.25, -0.2) is 4.79 Å². The topological polar surface area (TPSA) is 44.4 Å². The van der Waals surface area contributed by atoms with Crippen molar-refractivity contribution in [1.82, 2.24) is 10.2 Å². The number of benzene rings is 1. The second-order valence-electron chi connectivity index (χ2n) is 9.40. The molecule has 0 aromatic heterocycles. The number of hydrogen-bond acceptors (Lipinski definition) is 2. The van der Waals surface area contributed by atoms with Gasteiger partial charge in [0.05, 0.1) is 0 Å². The Balaban J connectivity index is 1.48. The van der Waals surface area contributed by atoms with Gasteiger partial charge in [0.2, 0.25) is 0 Å². The molecule has 1 aliphatic heterocycles. The van der Waals surface area contributed by atoms with Gasteiger partial charge in [0.1, 0.15) is 0 Å². The predicted molar refractivity (Wildman–Crippen MR) is 109 cm³/mol. The molecule has 2 N–H and O–H groups in total. The van der Waals surface area contributed by atoms with Gasteiger partial charge in [-0.2, -0.15) is 0 Å². The highest BCUT2D eigenvalue weighted by atomic mass is 16.2. The molecule has 1 aromatic rings. The van der Waals surface area contributed by atoms with E-state index in [-0.39, 0.29) is 6.03 Å². The number of carbonyl (C=O) groups is 1. The molecule has 3 unspecified atom stereocenters. The number of likely N-dealkylation sites (tertiary alicyclic amines) is 1. The molecule has 146 valence electrons. The Morgan fingerprint density at radius 1 is 1.19 bits per heavy atom.